The third-order valence-electron chi connectivity index (χ3n) is 4.78. The van der Waals surface area contributed by atoms with Gasteiger partial charge in [0.25, 0.3) is 17.7 Å². The first-order valence-electron chi connectivity index (χ1n) is 10.0. The summed E-state index contributed by atoms with van der Waals surface area (Å²) in [5.74, 6) is -0.661. The average molecular weight is 415 g/mol. The molecule has 0 heterocycles. The zero-order valence-electron chi connectivity index (χ0n) is 17.3. The van der Waals surface area contributed by atoms with E-state index in [1.54, 1.807) is 84.7 Å². The van der Waals surface area contributed by atoms with E-state index in [0.717, 1.165) is 0 Å². The van der Waals surface area contributed by atoms with Gasteiger partial charge in [0.05, 0.1) is 6.04 Å². The van der Waals surface area contributed by atoms with E-state index in [1.165, 1.54) is 0 Å². The Labute approximate surface area is 181 Å². The molecule has 3 aromatic rings. The zero-order valence-corrected chi connectivity index (χ0v) is 17.3. The quantitative estimate of drug-likeness (QED) is 0.594. The molecule has 0 aromatic heterocycles. The van der Waals surface area contributed by atoms with Crippen molar-refractivity contribution in [3.8, 4) is 0 Å². The average Bonchev–Trinajstić information content (AvgIpc) is 2.83. The summed E-state index contributed by atoms with van der Waals surface area (Å²) in [6.45, 7) is 0.417. The lowest BCUT2D eigenvalue weighted by molar-refractivity contribution is 0.0762. The van der Waals surface area contributed by atoms with Crippen LogP contribution < -0.4 is 10.6 Å². The molecule has 0 bridgehead atoms. The highest BCUT2D eigenvalue weighted by molar-refractivity contribution is 5.96. The van der Waals surface area contributed by atoms with Gasteiger partial charge >= 0.3 is 0 Å². The van der Waals surface area contributed by atoms with Gasteiger partial charge in [0.15, 0.2) is 0 Å². The van der Waals surface area contributed by atoms with Crippen molar-refractivity contribution in [3.63, 3.8) is 0 Å². The van der Waals surface area contributed by atoms with Gasteiger partial charge in [-0.15, -0.1) is 0 Å². The molecule has 1 unspecified atom stereocenters. The number of carbonyl (C=O) groups is 3. The van der Waals surface area contributed by atoms with E-state index >= 15 is 0 Å². The topological polar surface area (TPSA) is 78.5 Å². The Bertz CT molecular complexity index is 1010. The molecule has 0 saturated heterocycles. The van der Waals surface area contributed by atoms with Gasteiger partial charge in [-0.1, -0.05) is 54.6 Å². The minimum Gasteiger partial charge on any atom is -0.350 e. The molecule has 0 aliphatic rings. The van der Waals surface area contributed by atoms with Crippen molar-refractivity contribution in [3.05, 3.63) is 108 Å². The highest BCUT2D eigenvalue weighted by Gasteiger charge is 2.20. The Balaban J connectivity index is 1.69. The SMILES string of the molecule is CN(CC(CNC(=O)c1ccccc1)NC(=O)c1ccccc1)C(=O)c1ccccc1. The van der Waals surface area contributed by atoms with E-state index in [-0.39, 0.29) is 30.8 Å². The Kier molecular flexibility index (Phi) is 7.54. The maximum atomic E-state index is 12.7. The van der Waals surface area contributed by atoms with Crippen LogP contribution in [0.5, 0.6) is 0 Å². The van der Waals surface area contributed by atoms with Crippen molar-refractivity contribution in [2.75, 3.05) is 20.1 Å². The van der Waals surface area contributed by atoms with Gasteiger partial charge < -0.3 is 15.5 Å². The van der Waals surface area contributed by atoms with Crippen molar-refractivity contribution in [2.45, 2.75) is 6.04 Å². The van der Waals surface area contributed by atoms with E-state index in [2.05, 4.69) is 10.6 Å². The lowest BCUT2D eigenvalue weighted by Crippen LogP contribution is -2.50. The third kappa shape index (κ3) is 6.27. The normalized spacial score (nSPS) is 11.3. The molecular formula is C25H25N3O3. The number of likely N-dealkylation sites (N-methyl/N-ethyl adjacent to an activating group) is 1. The van der Waals surface area contributed by atoms with Crippen LogP contribution in [0.4, 0.5) is 0 Å². The second kappa shape index (κ2) is 10.7. The first kappa shape index (κ1) is 21.8. The summed E-state index contributed by atoms with van der Waals surface area (Å²) in [6.07, 6.45) is 0. The predicted molar refractivity (Wildman–Crippen MR) is 120 cm³/mol. The molecule has 3 rings (SSSR count). The maximum Gasteiger partial charge on any atom is 0.253 e. The molecule has 1 atom stereocenters. The van der Waals surface area contributed by atoms with Crippen LogP contribution in [0.3, 0.4) is 0 Å². The van der Waals surface area contributed by atoms with E-state index < -0.39 is 6.04 Å². The Morgan fingerprint density at radius 1 is 0.710 bits per heavy atom. The molecule has 0 fully saturated rings. The first-order chi connectivity index (χ1) is 15.0. The van der Waals surface area contributed by atoms with Crippen molar-refractivity contribution >= 4 is 17.7 Å². The van der Waals surface area contributed by atoms with E-state index in [0.29, 0.717) is 16.7 Å². The first-order valence-corrected chi connectivity index (χ1v) is 10.0. The largest absolute Gasteiger partial charge is 0.350 e. The van der Waals surface area contributed by atoms with Crippen LogP contribution in [-0.2, 0) is 0 Å². The monoisotopic (exact) mass is 415 g/mol. The van der Waals surface area contributed by atoms with Crippen LogP contribution in [0.25, 0.3) is 0 Å². The van der Waals surface area contributed by atoms with Crippen LogP contribution in [0.2, 0.25) is 0 Å². The highest BCUT2D eigenvalue weighted by atomic mass is 16.2. The van der Waals surface area contributed by atoms with Gasteiger partial charge in [0.2, 0.25) is 0 Å². The summed E-state index contributed by atoms with van der Waals surface area (Å²) in [4.78, 5) is 39.4. The van der Waals surface area contributed by atoms with E-state index in [1.807, 2.05) is 18.2 Å². The fraction of sp³-hybridized carbons (Fsp3) is 0.160. The minimum atomic E-state index is -0.474. The van der Waals surface area contributed by atoms with Crippen molar-refractivity contribution in [1.29, 1.82) is 0 Å². The minimum absolute atomic E-state index is 0.158. The fourth-order valence-electron chi connectivity index (χ4n) is 3.14. The van der Waals surface area contributed by atoms with Crippen LogP contribution >= 0.6 is 0 Å². The molecule has 0 spiro atoms. The van der Waals surface area contributed by atoms with Crippen LogP contribution in [0, 0.1) is 0 Å². The number of rotatable bonds is 8. The van der Waals surface area contributed by atoms with Gasteiger partial charge in [-0.3, -0.25) is 14.4 Å². The van der Waals surface area contributed by atoms with Gasteiger partial charge in [0, 0.05) is 36.8 Å². The number of amides is 3. The Hall–Kier alpha value is -3.93. The number of nitrogens with one attached hydrogen (secondary N) is 2. The molecule has 0 aliphatic heterocycles. The van der Waals surface area contributed by atoms with Gasteiger partial charge in [-0.2, -0.15) is 0 Å². The zero-order chi connectivity index (χ0) is 22.1. The summed E-state index contributed by atoms with van der Waals surface area (Å²) in [7, 11) is 1.68. The summed E-state index contributed by atoms with van der Waals surface area (Å²) in [6, 6.07) is 26.1. The van der Waals surface area contributed by atoms with Crippen molar-refractivity contribution < 1.29 is 14.4 Å². The Morgan fingerprint density at radius 2 is 1.16 bits per heavy atom. The van der Waals surface area contributed by atoms with Gasteiger partial charge in [-0.05, 0) is 36.4 Å². The molecular weight excluding hydrogens is 390 g/mol. The van der Waals surface area contributed by atoms with Crippen LogP contribution in [0.1, 0.15) is 31.1 Å². The molecule has 3 amide bonds. The second-order valence-electron chi connectivity index (χ2n) is 7.16. The number of nitrogens with zero attached hydrogens (tertiary/aromatic N) is 1. The molecule has 3 aromatic carbocycles. The van der Waals surface area contributed by atoms with Gasteiger partial charge in [0.1, 0.15) is 0 Å². The molecule has 6 nitrogen and oxygen atoms in total. The maximum absolute atomic E-state index is 12.7. The lowest BCUT2D eigenvalue weighted by Gasteiger charge is -2.25. The lowest BCUT2D eigenvalue weighted by atomic mass is 10.1. The second-order valence-corrected chi connectivity index (χ2v) is 7.16. The van der Waals surface area contributed by atoms with E-state index in [9.17, 15) is 14.4 Å². The number of hydrogen-bond acceptors (Lipinski definition) is 3. The number of hydrogen-bond donors (Lipinski definition) is 2. The number of benzene rings is 3. The fourth-order valence-corrected chi connectivity index (χ4v) is 3.14. The third-order valence-corrected chi connectivity index (χ3v) is 4.78. The van der Waals surface area contributed by atoms with Crippen LogP contribution in [0.15, 0.2) is 91.0 Å². The molecule has 0 radical (unpaired) electrons. The standard InChI is InChI=1S/C25H25N3O3/c1-28(25(31)21-15-9-4-10-16-21)18-22(27-24(30)20-13-7-3-8-14-20)17-26-23(29)19-11-5-2-6-12-19/h2-16,22H,17-18H2,1H3,(H,26,29)(H,27,30). The van der Waals surface area contributed by atoms with Crippen molar-refractivity contribution in [1.82, 2.24) is 15.5 Å². The predicted octanol–water partition coefficient (Wildman–Crippen LogP) is 2.99. The molecule has 2 N–H and O–H groups in total. The van der Waals surface area contributed by atoms with E-state index in [4.69, 9.17) is 0 Å². The smallest absolute Gasteiger partial charge is 0.253 e. The van der Waals surface area contributed by atoms with Gasteiger partial charge in [-0.25, -0.2) is 0 Å². The summed E-state index contributed by atoms with van der Waals surface area (Å²) >= 11 is 0. The highest BCUT2D eigenvalue weighted by Crippen LogP contribution is 2.05. The Morgan fingerprint density at radius 3 is 1.68 bits per heavy atom. The van der Waals surface area contributed by atoms with Crippen LogP contribution in [-0.4, -0.2) is 48.8 Å². The molecule has 6 heteroatoms. The van der Waals surface area contributed by atoms with Crippen molar-refractivity contribution in [2.24, 2.45) is 0 Å². The summed E-state index contributed by atoms with van der Waals surface area (Å²) < 4.78 is 0. The summed E-state index contributed by atoms with van der Waals surface area (Å²) in [5.41, 5.74) is 1.61. The number of carbonyl (C=O) groups excluding carboxylic acids is 3. The molecule has 0 saturated carbocycles. The molecule has 158 valence electrons. The summed E-state index contributed by atoms with van der Waals surface area (Å²) in [5, 5.41) is 5.78. The molecule has 31 heavy (non-hydrogen) atoms. The molecule has 0 aliphatic carbocycles.